The number of nitrogens with one attached hydrogen (secondary N) is 1. The van der Waals surface area contributed by atoms with E-state index in [9.17, 15) is 10.2 Å². The molecular formula is C9H12N2O2. The molecular weight excluding hydrogens is 168 g/mol. The van der Waals surface area contributed by atoms with E-state index in [1.165, 1.54) is 0 Å². The van der Waals surface area contributed by atoms with Gasteiger partial charge >= 0.3 is 0 Å². The first-order chi connectivity index (χ1) is 6.14. The van der Waals surface area contributed by atoms with Gasteiger partial charge in [0.2, 0.25) is 0 Å². The highest BCUT2D eigenvalue weighted by Crippen LogP contribution is 2.52. The standard InChI is InChI=1S/C9H12N2O2/c12-8(1-2-8)6-7(11-5-10-6)9(13)3-4-9/h5,12-13H,1-4H2,(H,10,11). The number of hydrogen-bond donors (Lipinski definition) is 3. The summed E-state index contributed by atoms with van der Waals surface area (Å²) in [7, 11) is 0. The molecule has 3 rings (SSSR count). The van der Waals surface area contributed by atoms with Crippen molar-refractivity contribution in [2.75, 3.05) is 0 Å². The first kappa shape index (κ1) is 7.53. The summed E-state index contributed by atoms with van der Waals surface area (Å²) in [5.41, 5.74) is -0.0716. The summed E-state index contributed by atoms with van der Waals surface area (Å²) >= 11 is 0. The molecule has 0 amide bonds. The van der Waals surface area contributed by atoms with Crippen LogP contribution in [0.15, 0.2) is 6.33 Å². The van der Waals surface area contributed by atoms with Gasteiger partial charge in [-0.25, -0.2) is 4.98 Å². The Morgan fingerprint density at radius 2 is 1.77 bits per heavy atom. The van der Waals surface area contributed by atoms with Crippen LogP contribution in [0.1, 0.15) is 37.1 Å². The molecule has 0 unspecified atom stereocenters. The summed E-state index contributed by atoms with van der Waals surface area (Å²) in [5.74, 6) is 0. The number of hydrogen-bond acceptors (Lipinski definition) is 3. The van der Waals surface area contributed by atoms with Gasteiger partial charge in [0, 0.05) is 0 Å². The van der Waals surface area contributed by atoms with E-state index in [4.69, 9.17) is 0 Å². The molecule has 0 saturated heterocycles. The van der Waals surface area contributed by atoms with Crippen molar-refractivity contribution in [2.24, 2.45) is 0 Å². The van der Waals surface area contributed by atoms with E-state index in [0.29, 0.717) is 5.69 Å². The van der Waals surface area contributed by atoms with Gasteiger partial charge in [-0.3, -0.25) is 0 Å². The molecule has 0 radical (unpaired) electrons. The van der Waals surface area contributed by atoms with Crippen molar-refractivity contribution < 1.29 is 10.2 Å². The number of aromatic amines is 1. The topological polar surface area (TPSA) is 69.1 Å². The molecule has 0 aromatic carbocycles. The maximum absolute atomic E-state index is 9.88. The average molecular weight is 180 g/mol. The van der Waals surface area contributed by atoms with Gasteiger partial charge in [0.05, 0.1) is 17.7 Å². The van der Waals surface area contributed by atoms with Crippen molar-refractivity contribution in [1.82, 2.24) is 9.97 Å². The van der Waals surface area contributed by atoms with Gasteiger partial charge in [0.1, 0.15) is 11.2 Å². The number of nitrogens with zero attached hydrogens (tertiary/aromatic N) is 1. The second kappa shape index (κ2) is 1.96. The van der Waals surface area contributed by atoms with Crippen LogP contribution in [0.3, 0.4) is 0 Å². The zero-order valence-electron chi connectivity index (χ0n) is 7.25. The van der Waals surface area contributed by atoms with Crippen molar-refractivity contribution in [3.05, 3.63) is 17.7 Å². The third-order valence-electron chi connectivity index (χ3n) is 2.99. The van der Waals surface area contributed by atoms with Gasteiger partial charge in [0.15, 0.2) is 0 Å². The highest BCUT2D eigenvalue weighted by molar-refractivity contribution is 5.32. The monoisotopic (exact) mass is 180 g/mol. The Morgan fingerprint density at radius 3 is 2.31 bits per heavy atom. The second-order valence-electron chi connectivity index (χ2n) is 4.19. The van der Waals surface area contributed by atoms with Crippen LogP contribution in [0.2, 0.25) is 0 Å². The number of imidazole rings is 1. The minimum absolute atomic E-state index is 0.660. The van der Waals surface area contributed by atoms with Crippen molar-refractivity contribution in [2.45, 2.75) is 36.9 Å². The zero-order valence-corrected chi connectivity index (χ0v) is 7.25. The summed E-state index contributed by atoms with van der Waals surface area (Å²) < 4.78 is 0. The van der Waals surface area contributed by atoms with E-state index >= 15 is 0 Å². The Hall–Kier alpha value is -0.870. The summed E-state index contributed by atoms with van der Waals surface area (Å²) in [6, 6.07) is 0. The van der Waals surface area contributed by atoms with E-state index in [-0.39, 0.29) is 0 Å². The normalized spacial score (nSPS) is 27.2. The Labute approximate surface area is 75.6 Å². The van der Waals surface area contributed by atoms with Gasteiger partial charge in [-0.05, 0) is 25.7 Å². The third kappa shape index (κ3) is 0.957. The molecule has 13 heavy (non-hydrogen) atoms. The average Bonchev–Trinajstić information content (AvgIpc) is 2.98. The molecule has 70 valence electrons. The molecule has 2 aliphatic carbocycles. The molecule has 1 heterocycles. The predicted molar refractivity (Wildman–Crippen MR) is 44.8 cm³/mol. The lowest BCUT2D eigenvalue weighted by Gasteiger charge is -2.11. The number of aliphatic hydroxyl groups is 2. The maximum Gasteiger partial charge on any atom is 0.109 e. The summed E-state index contributed by atoms with van der Waals surface area (Å²) in [4.78, 5) is 7.02. The van der Waals surface area contributed by atoms with Gasteiger partial charge < -0.3 is 15.2 Å². The van der Waals surface area contributed by atoms with Gasteiger partial charge in [0.25, 0.3) is 0 Å². The molecule has 4 heteroatoms. The molecule has 0 bridgehead atoms. The summed E-state index contributed by atoms with van der Waals surface area (Å²) in [5, 5.41) is 19.7. The second-order valence-corrected chi connectivity index (χ2v) is 4.19. The highest BCUT2D eigenvalue weighted by Gasteiger charge is 2.52. The Balaban J connectivity index is 2.06. The fraction of sp³-hybridized carbons (Fsp3) is 0.667. The minimum Gasteiger partial charge on any atom is -0.384 e. The zero-order chi connectivity index (χ0) is 9.10. The minimum atomic E-state index is -0.742. The fourth-order valence-corrected chi connectivity index (χ4v) is 1.73. The molecule has 3 N–H and O–H groups in total. The van der Waals surface area contributed by atoms with Crippen LogP contribution >= 0.6 is 0 Å². The van der Waals surface area contributed by atoms with Crippen molar-refractivity contribution in [1.29, 1.82) is 0 Å². The molecule has 1 aromatic heterocycles. The lowest BCUT2D eigenvalue weighted by atomic mass is 10.1. The molecule has 0 aliphatic heterocycles. The van der Waals surface area contributed by atoms with Crippen LogP contribution in [0.4, 0.5) is 0 Å². The van der Waals surface area contributed by atoms with Crippen LogP contribution in [-0.4, -0.2) is 20.2 Å². The molecule has 1 aromatic rings. The van der Waals surface area contributed by atoms with Gasteiger partial charge in [-0.2, -0.15) is 0 Å². The van der Waals surface area contributed by atoms with Crippen LogP contribution in [0, 0.1) is 0 Å². The molecule has 0 spiro atoms. The van der Waals surface area contributed by atoms with Gasteiger partial charge in [-0.15, -0.1) is 0 Å². The fourth-order valence-electron chi connectivity index (χ4n) is 1.73. The maximum atomic E-state index is 9.88. The van der Waals surface area contributed by atoms with Gasteiger partial charge in [-0.1, -0.05) is 0 Å². The number of H-pyrrole nitrogens is 1. The quantitative estimate of drug-likeness (QED) is 0.616. The van der Waals surface area contributed by atoms with Crippen LogP contribution in [0.25, 0.3) is 0 Å². The Kier molecular flexibility index (Phi) is 1.14. The van der Waals surface area contributed by atoms with Crippen LogP contribution in [-0.2, 0) is 11.2 Å². The van der Waals surface area contributed by atoms with Crippen LogP contribution in [0.5, 0.6) is 0 Å². The lowest BCUT2D eigenvalue weighted by molar-refractivity contribution is 0.120. The van der Waals surface area contributed by atoms with Crippen molar-refractivity contribution >= 4 is 0 Å². The Bertz CT molecular complexity index is 318. The Morgan fingerprint density at radius 1 is 1.15 bits per heavy atom. The van der Waals surface area contributed by atoms with E-state index in [1.807, 2.05) is 0 Å². The summed E-state index contributed by atoms with van der Waals surface area (Å²) in [6.07, 6.45) is 4.63. The predicted octanol–water partition coefficient (Wildman–Crippen LogP) is 0.372. The molecule has 4 nitrogen and oxygen atoms in total. The number of rotatable bonds is 2. The SMILES string of the molecule is OC1(c2nc[nH]c2C2(O)CC2)CC1. The van der Waals surface area contributed by atoms with E-state index in [1.54, 1.807) is 6.33 Å². The number of aromatic nitrogens is 2. The van der Waals surface area contributed by atoms with E-state index < -0.39 is 11.2 Å². The smallest absolute Gasteiger partial charge is 0.109 e. The first-order valence-electron chi connectivity index (χ1n) is 4.63. The highest BCUT2D eigenvalue weighted by atomic mass is 16.3. The largest absolute Gasteiger partial charge is 0.384 e. The van der Waals surface area contributed by atoms with Crippen molar-refractivity contribution in [3.8, 4) is 0 Å². The molecule has 0 atom stereocenters. The van der Waals surface area contributed by atoms with E-state index in [2.05, 4.69) is 9.97 Å². The lowest BCUT2D eigenvalue weighted by Crippen LogP contribution is -2.15. The third-order valence-corrected chi connectivity index (χ3v) is 2.99. The molecule has 2 saturated carbocycles. The van der Waals surface area contributed by atoms with E-state index in [0.717, 1.165) is 31.4 Å². The molecule has 2 aliphatic rings. The molecule has 2 fully saturated rings. The summed E-state index contributed by atoms with van der Waals surface area (Å²) in [6.45, 7) is 0. The van der Waals surface area contributed by atoms with Crippen LogP contribution < -0.4 is 0 Å². The first-order valence-corrected chi connectivity index (χ1v) is 4.63. The van der Waals surface area contributed by atoms with Crippen molar-refractivity contribution in [3.63, 3.8) is 0 Å².